The minimum atomic E-state index is 0.365. The summed E-state index contributed by atoms with van der Waals surface area (Å²) in [4.78, 5) is 0. The van der Waals surface area contributed by atoms with Crippen molar-refractivity contribution >= 4 is 0 Å². The lowest BCUT2D eigenvalue weighted by Crippen LogP contribution is -2.22. The Labute approximate surface area is 104 Å². The minimum Gasteiger partial charge on any atom is -0.496 e. The Balaban J connectivity index is 2.59. The second-order valence-electron chi connectivity index (χ2n) is 4.15. The predicted octanol–water partition coefficient (Wildman–Crippen LogP) is 2.47. The number of benzene rings is 1. The van der Waals surface area contributed by atoms with Crippen LogP contribution in [0.4, 0.5) is 0 Å². The van der Waals surface area contributed by atoms with Gasteiger partial charge in [-0.2, -0.15) is 0 Å². The number of para-hydroxylation sites is 1. The van der Waals surface area contributed by atoms with Crippen LogP contribution in [0.15, 0.2) is 24.3 Å². The highest BCUT2D eigenvalue weighted by Crippen LogP contribution is 2.26. The number of unbranched alkanes of at least 4 members (excludes halogenated alkanes) is 1. The van der Waals surface area contributed by atoms with E-state index in [9.17, 15) is 0 Å². The van der Waals surface area contributed by atoms with Crippen LogP contribution in [0.3, 0.4) is 0 Å². The number of hydrogen-bond acceptors (Lipinski definition) is 3. The van der Waals surface area contributed by atoms with Crippen molar-refractivity contribution in [3.63, 3.8) is 0 Å². The highest BCUT2D eigenvalue weighted by Gasteiger charge is 2.12. The summed E-state index contributed by atoms with van der Waals surface area (Å²) in [5.74, 6) is 0.964. The number of methoxy groups -OCH3 is 1. The van der Waals surface area contributed by atoms with Crippen LogP contribution in [0.1, 0.15) is 37.8 Å². The van der Waals surface area contributed by atoms with Crippen molar-refractivity contribution in [1.82, 2.24) is 5.32 Å². The van der Waals surface area contributed by atoms with Crippen molar-refractivity contribution in [2.24, 2.45) is 5.73 Å². The monoisotopic (exact) mass is 236 g/mol. The van der Waals surface area contributed by atoms with E-state index in [2.05, 4.69) is 24.4 Å². The molecule has 3 N–H and O–H groups in total. The molecule has 0 amide bonds. The predicted molar refractivity (Wildman–Crippen MR) is 72.3 cm³/mol. The molecular weight excluding hydrogens is 212 g/mol. The zero-order chi connectivity index (χ0) is 12.5. The molecule has 3 nitrogen and oxygen atoms in total. The summed E-state index contributed by atoms with van der Waals surface area (Å²) >= 11 is 0. The molecule has 1 unspecified atom stereocenters. The molecule has 3 heteroatoms. The standard InChI is InChI=1S/C14H24N2O/c1-3-13(16-11-7-6-10-15)12-8-4-5-9-14(12)17-2/h4-5,8-9,13,16H,3,6-7,10-11,15H2,1-2H3. The number of rotatable bonds is 8. The highest BCUT2D eigenvalue weighted by molar-refractivity contribution is 5.35. The van der Waals surface area contributed by atoms with Crippen LogP contribution in [-0.2, 0) is 0 Å². The van der Waals surface area contributed by atoms with Crippen molar-refractivity contribution in [2.45, 2.75) is 32.2 Å². The lowest BCUT2D eigenvalue weighted by Gasteiger charge is -2.19. The Bertz CT molecular complexity index is 315. The van der Waals surface area contributed by atoms with E-state index < -0.39 is 0 Å². The van der Waals surface area contributed by atoms with E-state index in [1.165, 1.54) is 5.56 Å². The molecule has 0 spiro atoms. The van der Waals surface area contributed by atoms with Gasteiger partial charge in [0.15, 0.2) is 0 Å². The Hall–Kier alpha value is -1.06. The average Bonchev–Trinajstić information content (AvgIpc) is 2.39. The lowest BCUT2D eigenvalue weighted by molar-refractivity contribution is 0.396. The van der Waals surface area contributed by atoms with Gasteiger partial charge in [-0.1, -0.05) is 25.1 Å². The molecule has 0 radical (unpaired) electrons. The van der Waals surface area contributed by atoms with Crippen LogP contribution in [0.5, 0.6) is 5.75 Å². The Morgan fingerprint density at radius 1 is 1.29 bits per heavy atom. The van der Waals surface area contributed by atoms with Crippen LogP contribution in [0, 0.1) is 0 Å². The molecule has 0 saturated carbocycles. The molecule has 0 heterocycles. The van der Waals surface area contributed by atoms with E-state index in [0.717, 1.165) is 38.1 Å². The summed E-state index contributed by atoms with van der Waals surface area (Å²) in [6.07, 6.45) is 3.26. The number of nitrogens with one attached hydrogen (secondary N) is 1. The zero-order valence-electron chi connectivity index (χ0n) is 10.9. The summed E-state index contributed by atoms with van der Waals surface area (Å²) < 4.78 is 5.40. The largest absolute Gasteiger partial charge is 0.496 e. The van der Waals surface area contributed by atoms with Crippen molar-refractivity contribution in [3.05, 3.63) is 29.8 Å². The molecule has 1 atom stereocenters. The first-order valence-corrected chi connectivity index (χ1v) is 6.39. The smallest absolute Gasteiger partial charge is 0.123 e. The molecule has 1 aromatic rings. The van der Waals surface area contributed by atoms with E-state index in [1.807, 2.05) is 12.1 Å². The van der Waals surface area contributed by atoms with E-state index in [0.29, 0.717) is 6.04 Å². The van der Waals surface area contributed by atoms with Gasteiger partial charge < -0.3 is 15.8 Å². The van der Waals surface area contributed by atoms with Gasteiger partial charge in [0.25, 0.3) is 0 Å². The zero-order valence-corrected chi connectivity index (χ0v) is 10.9. The minimum absolute atomic E-state index is 0.365. The highest BCUT2D eigenvalue weighted by atomic mass is 16.5. The second kappa shape index (κ2) is 8.09. The first-order chi connectivity index (χ1) is 8.33. The average molecular weight is 236 g/mol. The van der Waals surface area contributed by atoms with Gasteiger partial charge in [-0.15, -0.1) is 0 Å². The van der Waals surface area contributed by atoms with Gasteiger partial charge in [-0.05, 0) is 38.4 Å². The fraction of sp³-hybridized carbons (Fsp3) is 0.571. The molecule has 0 saturated heterocycles. The molecule has 96 valence electrons. The summed E-state index contributed by atoms with van der Waals surface area (Å²) in [6, 6.07) is 8.57. The third-order valence-electron chi connectivity index (χ3n) is 2.94. The van der Waals surface area contributed by atoms with Gasteiger partial charge in [0.1, 0.15) is 5.75 Å². The van der Waals surface area contributed by atoms with Gasteiger partial charge in [-0.25, -0.2) is 0 Å². The Morgan fingerprint density at radius 2 is 2.06 bits per heavy atom. The number of hydrogen-bond donors (Lipinski definition) is 2. The lowest BCUT2D eigenvalue weighted by atomic mass is 10.0. The number of ether oxygens (including phenoxy) is 1. The van der Waals surface area contributed by atoms with Crippen LogP contribution in [0.2, 0.25) is 0 Å². The molecule has 17 heavy (non-hydrogen) atoms. The molecular formula is C14H24N2O. The summed E-state index contributed by atoms with van der Waals surface area (Å²) in [6.45, 7) is 3.97. The van der Waals surface area contributed by atoms with Gasteiger partial charge in [-0.3, -0.25) is 0 Å². The topological polar surface area (TPSA) is 47.3 Å². The van der Waals surface area contributed by atoms with E-state index in [4.69, 9.17) is 10.5 Å². The van der Waals surface area contributed by atoms with Crippen LogP contribution >= 0.6 is 0 Å². The van der Waals surface area contributed by atoms with Gasteiger partial charge >= 0.3 is 0 Å². The SMILES string of the molecule is CCC(NCCCCN)c1ccccc1OC. The maximum Gasteiger partial charge on any atom is 0.123 e. The molecule has 0 aromatic heterocycles. The third-order valence-corrected chi connectivity index (χ3v) is 2.94. The van der Waals surface area contributed by atoms with Gasteiger partial charge in [0.2, 0.25) is 0 Å². The second-order valence-corrected chi connectivity index (χ2v) is 4.15. The fourth-order valence-electron chi connectivity index (χ4n) is 1.97. The third kappa shape index (κ3) is 4.36. The van der Waals surface area contributed by atoms with E-state index >= 15 is 0 Å². The van der Waals surface area contributed by atoms with Crippen LogP contribution in [-0.4, -0.2) is 20.2 Å². The first-order valence-electron chi connectivity index (χ1n) is 6.39. The summed E-state index contributed by atoms with van der Waals surface area (Å²) in [5, 5.41) is 3.56. The summed E-state index contributed by atoms with van der Waals surface area (Å²) in [5.41, 5.74) is 6.73. The first kappa shape index (κ1) is 14.0. The molecule has 0 aliphatic rings. The summed E-state index contributed by atoms with van der Waals surface area (Å²) in [7, 11) is 1.72. The van der Waals surface area contributed by atoms with Crippen LogP contribution < -0.4 is 15.8 Å². The molecule has 0 fully saturated rings. The normalized spacial score (nSPS) is 12.4. The Kier molecular flexibility index (Phi) is 6.67. The molecule has 0 bridgehead atoms. The Morgan fingerprint density at radius 3 is 2.71 bits per heavy atom. The quantitative estimate of drug-likeness (QED) is 0.682. The van der Waals surface area contributed by atoms with Crippen molar-refractivity contribution in [3.8, 4) is 5.75 Å². The molecule has 0 aliphatic heterocycles. The molecule has 1 aromatic carbocycles. The molecule has 0 aliphatic carbocycles. The van der Waals surface area contributed by atoms with Crippen molar-refractivity contribution < 1.29 is 4.74 Å². The van der Waals surface area contributed by atoms with Crippen molar-refractivity contribution in [1.29, 1.82) is 0 Å². The van der Waals surface area contributed by atoms with Crippen LogP contribution in [0.25, 0.3) is 0 Å². The van der Waals surface area contributed by atoms with Gasteiger partial charge in [0, 0.05) is 11.6 Å². The van der Waals surface area contributed by atoms with E-state index in [-0.39, 0.29) is 0 Å². The maximum absolute atomic E-state index is 5.49. The van der Waals surface area contributed by atoms with Gasteiger partial charge in [0.05, 0.1) is 7.11 Å². The van der Waals surface area contributed by atoms with Crippen molar-refractivity contribution in [2.75, 3.05) is 20.2 Å². The number of nitrogens with two attached hydrogens (primary N) is 1. The molecule has 1 rings (SSSR count). The fourth-order valence-corrected chi connectivity index (χ4v) is 1.97. The van der Waals surface area contributed by atoms with E-state index in [1.54, 1.807) is 7.11 Å². The maximum atomic E-state index is 5.49.